The Hall–Kier alpha value is -5.42. The van der Waals surface area contributed by atoms with Gasteiger partial charge >= 0.3 is 0 Å². The maximum atomic E-state index is 14.5. The zero-order valence-electron chi connectivity index (χ0n) is 38.5. The average Bonchev–Trinajstić information content (AvgIpc) is 3.40. The van der Waals surface area contributed by atoms with Crippen LogP contribution in [0.4, 0.5) is 22.7 Å². The van der Waals surface area contributed by atoms with Crippen molar-refractivity contribution in [3.05, 3.63) is 218 Å². The van der Waals surface area contributed by atoms with Crippen LogP contribution in [0, 0.1) is 0 Å². The van der Waals surface area contributed by atoms with Gasteiger partial charge in [0.2, 0.25) is 19.7 Å². The molecule has 0 saturated carbocycles. The van der Waals surface area contributed by atoms with Crippen LogP contribution in [0.1, 0.15) is 0 Å². The van der Waals surface area contributed by atoms with E-state index in [1.807, 2.05) is 72.8 Å². The van der Waals surface area contributed by atoms with E-state index in [-0.39, 0.29) is 19.6 Å². The van der Waals surface area contributed by atoms with Gasteiger partial charge in [-0.15, -0.1) is 0 Å². The molecule has 2 fully saturated rings. The minimum atomic E-state index is -3.83. The maximum Gasteiger partial charge on any atom is 0.206 e. The Labute approximate surface area is 417 Å². The summed E-state index contributed by atoms with van der Waals surface area (Å²) < 4.78 is 58.0. The average molecular weight is 1030 g/mol. The minimum Gasteiger partial charge on any atom is -0.363 e. The van der Waals surface area contributed by atoms with Crippen LogP contribution >= 0.6 is 31.7 Å². The lowest BCUT2D eigenvalue weighted by molar-refractivity contribution is 0.594. The molecule has 0 unspecified atom stereocenters. The minimum absolute atomic E-state index is 0.274. The second-order valence-electron chi connectivity index (χ2n) is 17.8. The van der Waals surface area contributed by atoms with Crippen molar-refractivity contribution in [3.63, 3.8) is 0 Å². The van der Waals surface area contributed by atoms with Gasteiger partial charge in [0.25, 0.3) is 0 Å². The Morgan fingerprint density at radius 2 is 0.414 bits per heavy atom. The van der Waals surface area contributed by atoms with Crippen molar-refractivity contribution in [2.24, 2.45) is 0 Å². The third-order valence-corrected chi connectivity index (χ3v) is 26.4. The lowest BCUT2D eigenvalue weighted by atomic mass is 10.3. The van der Waals surface area contributed by atoms with Gasteiger partial charge in [-0.3, -0.25) is 0 Å². The van der Waals surface area contributed by atoms with Gasteiger partial charge in [0.1, 0.15) is 0 Å². The highest BCUT2D eigenvalue weighted by molar-refractivity contribution is 7.91. The van der Waals surface area contributed by atoms with Gasteiger partial charge in [0, 0.05) is 73.0 Å². The molecule has 14 heteroatoms. The second kappa shape index (κ2) is 20.4. The number of benzene rings is 8. The highest BCUT2D eigenvalue weighted by Crippen LogP contribution is 2.50. The van der Waals surface area contributed by atoms with Gasteiger partial charge in [0.05, 0.1) is 19.6 Å². The fourth-order valence-corrected chi connectivity index (χ4v) is 22.1. The monoisotopic (exact) mass is 1030 g/mol. The predicted molar refractivity (Wildman–Crippen MR) is 298 cm³/mol. The molecule has 8 aromatic carbocycles. The molecule has 0 aliphatic carbocycles. The summed E-state index contributed by atoms with van der Waals surface area (Å²) in [5.41, 5.74) is 3.97. The number of rotatable bonds is 4. The molecule has 0 atom stereocenters. The zero-order chi connectivity index (χ0) is 47.7. The summed E-state index contributed by atoms with van der Waals surface area (Å²) in [6.07, 6.45) is 6.15. The van der Waals surface area contributed by atoms with Crippen molar-refractivity contribution >= 4 is 95.3 Å². The molecule has 0 aromatic heterocycles. The molecule has 0 spiro atoms. The molecule has 9 heterocycles. The van der Waals surface area contributed by atoms with Gasteiger partial charge in [-0.2, -0.15) is 0 Å². The van der Waals surface area contributed by atoms with E-state index in [0.29, 0.717) is 0 Å². The first kappa shape index (κ1) is 46.9. The van der Waals surface area contributed by atoms with Crippen LogP contribution in [-0.2, 0) is 19.7 Å². The highest BCUT2D eigenvalue weighted by Gasteiger charge is 2.32. The number of anilines is 4. The summed E-state index contributed by atoms with van der Waals surface area (Å²) in [5, 5.41) is 5.09. The van der Waals surface area contributed by atoms with Crippen LogP contribution in [0.15, 0.2) is 238 Å². The van der Waals surface area contributed by atoms with Gasteiger partial charge in [-0.1, -0.05) is 121 Å². The first-order valence-electron chi connectivity index (χ1n) is 23.3. The third kappa shape index (κ3) is 9.93. The summed E-state index contributed by atoms with van der Waals surface area (Å²) in [5.74, 6) is 0. The molecule has 12 bridgehead atoms. The van der Waals surface area contributed by atoms with Crippen LogP contribution in [0.25, 0.3) is 0 Å². The predicted octanol–water partition coefficient (Wildman–Crippen LogP) is 11.2. The summed E-state index contributed by atoms with van der Waals surface area (Å²) in [7, 11) is -10.8. The molecule has 352 valence electrons. The molecular weight excluding hydrogens is 981 g/mol. The first-order valence-corrected chi connectivity index (χ1v) is 33.1. The molecule has 17 rings (SSSR count). The Kier molecular flexibility index (Phi) is 13.7. The summed E-state index contributed by atoms with van der Waals surface area (Å²) >= 11 is 0. The van der Waals surface area contributed by atoms with E-state index >= 15 is 0 Å². The molecule has 8 aromatic rings. The molecule has 8 nitrogen and oxygen atoms in total. The number of nitrogens with zero attached hydrogens (tertiary/aromatic N) is 4. The van der Waals surface area contributed by atoms with Gasteiger partial charge < -0.3 is 19.6 Å². The fraction of sp³-hybridized carbons (Fsp3) is 0.143. The molecule has 2 saturated heterocycles. The molecular formula is C56H52N4O4P4S2. The number of hydrogen-bond donors (Lipinski definition) is 0. The van der Waals surface area contributed by atoms with Gasteiger partial charge in [0.15, 0.2) is 0 Å². The second-order valence-corrected chi connectivity index (χ2v) is 30.3. The largest absolute Gasteiger partial charge is 0.363 e. The Morgan fingerprint density at radius 3 is 0.586 bits per heavy atom. The highest BCUT2D eigenvalue weighted by atomic mass is 32.2. The van der Waals surface area contributed by atoms with E-state index in [4.69, 9.17) is 0 Å². The quantitative estimate of drug-likeness (QED) is 0.161. The van der Waals surface area contributed by atoms with Crippen molar-refractivity contribution in [2.45, 2.75) is 19.6 Å². The van der Waals surface area contributed by atoms with Crippen LogP contribution in [0.5, 0.6) is 0 Å². The van der Waals surface area contributed by atoms with Crippen LogP contribution in [0.2, 0.25) is 0 Å². The van der Waals surface area contributed by atoms with E-state index in [2.05, 4.69) is 117 Å². The van der Waals surface area contributed by atoms with Crippen molar-refractivity contribution in [2.75, 3.05) is 69.9 Å². The molecule has 0 amide bonds. The van der Waals surface area contributed by atoms with E-state index in [1.54, 1.807) is 48.5 Å². The normalized spacial score (nSPS) is 21.0. The summed E-state index contributed by atoms with van der Waals surface area (Å²) in [4.78, 5) is 11.0. The smallest absolute Gasteiger partial charge is 0.206 e. The van der Waals surface area contributed by atoms with E-state index < -0.39 is 51.4 Å². The lowest BCUT2D eigenvalue weighted by Crippen LogP contribution is -2.38. The molecule has 70 heavy (non-hydrogen) atoms. The van der Waals surface area contributed by atoms with Crippen molar-refractivity contribution in [3.8, 4) is 0 Å². The summed E-state index contributed by atoms with van der Waals surface area (Å²) in [6, 6.07) is 72.7. The third-order valence-electron chi connectivity index (χ3n) is 13.3. The maximum absolute atomic E-state index is 14.5. The van der Waals surface area contributed by atoms with E-state index in [0.717, 1.165) is 73.0 Å². The molecule has 9 aliphatic heterocycles. The van der Waals surface area contributed by atoms with E-state index in [1.165, 1.54) is 21.2 Å². The standard InChI is InChI=1S/C56H52N4O4P4S2/c61-69(62)53-29-21-45(22-30-53)57-37-65(49-13-5-1-6-14-49)38-58(40-66(39-57)50-15-7-2-8-16-50)46-23-31-54(32-24-46)70(63,64)56-35-27-48(28-36-56)60-42-67(51-17-9-3-10-18-51)41-59(47-25-33-55(69)34-26-47)43-68(44-60)52-19-11-4-12-20-52/h1-36H,37-44H2. The van der Waals surface area contributed by atoms with Crippen molar-refractivity contribution in [1.82, 2.24) is 0 Å². The Balaban J connectivity index is 1.03. The van der Waals surface area contributed by atoms with Crippen molar-refractivity contribution in [1.29, 1.82) is 0 Å². The Morgan fingerprint density at radius 1 is 0.243 bits per heavy atom. The first-order chi connectivity index (χ1) is 34.2. The molecule has 9 aliphatic rings. The zero-order valence-corrected chi connectivity index (χ0v) is 43.7. The SMILES string of the molecule is O=S1(=O)c2ccc(cc2)N2CP(c3ccccc3)CN(CP(c3ccccc3)C2)c2ccc(cc2)S(=O)(=O)c2ccc(cc2)N2CP(c3ccccc3)CN(CP(c3ccccc3)C2)c2ccc1cc2. The van der Waals surface area contributed by atoms with Crippen LogP contribution < -0.4 is 40.8 Å². The Bertz CT molecular complexity index is 2820. The van der Waals surface area contributed by atoms with Crippen LogP contribution in [0.3, 0.4) is 0 Å². The molecule has 0 radical (unpaired) electrons. The van der Waals surface area contributed by atoms with E-state index in [9.17, 15) is 16.8 Å². The van der Waals surface area contributed by atoms with Gasteiger partial charge in [-0.25, -0.2) is 16.8 Å². The summed E-state index contributed by atoms with van der Waals surface area (Å²) in [6.45, 7) is 0. The number of hydrogen-bond acceptors (Lipinski definition) is 8. The van der Waals surface area contributed by atoms with Gasteiger partial charge in [-0.05, 0) is 150 Å². The molecule has 0 N–H and O–H groups in total. The topological polar surface area (TPSA) is 81.2 Å². The van der Waals surface area contributed by atoms with Crippen LogP contribution in [-0.4, -0.2) is 67.1 Å². The fourth-order valence-electron chi connectivity index (χ4n) is 9.48. The lowest BCUT2D eigenvalue weighted by Gasteiger charge is -2.41. The number of sulfone groups is 2. The van der Waals surface area contributed by atoms with Crippen molar-refractivity contribution < 1.29 is 16.8 Å².